The molecule has 6 nitrogen and oxygen atoms in total. The fraction of sp³-hybridized carbons (Fsp3) is 0.647. The second kappa shape index (κ2) is 6.95. The van der Waals surface area contributed by atoms with E-state index < -0.39 is 6.10 Å². The van der Waals surface area contributed by atoms with E-state index in [2.05, 4.69) is 22.3 Å². The van der Waals surface area contributed by atoms with Crippen LogP contribution in [0, 0.1) is 19.8 Å². The predicted molar refractivity (Wildman–Crippen MR) is 88.4 cm³/mol. The summed E-state index contributed by atoms with van der Waals surface area (Å²) in [5, 5.41) is 17.8. The van der Waals surface area contributed by atoms with Gasteiger partial charge in [-0.1, -0.05) is 0 Å². The van der Waals surface area contributed by atoms with Gasteiger partial charge in [-0.3, -0.25) is 0 Å². The Bertz CT molecular complexity index is 666. The van der Waals surface area contributed by atoms with E-state index in [1.54, 1.807) is 0 Å². The first kappa shape index (κ1) is 16.4. The molecular formula is C17H26N4O2. The number of fused-ring (bicyclic) bond motifs is 1. The van der Waals surface area contributed by atoms with Crippen molar-refractivity contribution in [3.63, 3.8) is 0 Å². The molecule has 0 saturated heterocycles. The second-order valence-electron chi connectivity index (χ2n) is 6.62. The first-order valence-corrected chi connectivity index (χ1v) is 8.35. The number of ether oxygens (including phenoxy) is 1. The zero-order valence-electron chi connectivity index (χ0n) is 14.1. The molecule has 0 bridgehead atoms. The summed E-state index contributed by atoms with van der Waals surface area (Å²) >= 11 is 0. The minimum Gasteiger partial charge on any atom is -0.389 e. The number of aliphatic hydroxyl groups is 1. The average Bonchev–Trinajstić information content (AvgIpc) is 3.25. The van der Waals surface area contributed by atoms with Crippen molar-refractivity contribution in [3.8, 4) is 0 Å². The van der Waals surface area contributed by atoms with Crippen LogP contribution >= 0.6 is 0 Å². The number of aryl methyl sites for hydroxylation is 2. The van der Waals surface area contributed by atoms with Crippen molar-refractivity contribution in [1.29, 1.82) is 0 Å². The summed E-state index contributed by atoms with van der Waals surface area (Å²) in [6.45, 7) is 7.76. The fourth-order valence-corrected chi connectivity index (χ4v) is 2.74. The van der Waals surface area contributed by atoms with E-state index in [1.165, 1.54) is 12.8 Å². The number of aliphatic hydroxyl groups excluding tert-OH is 1. The Hall–Kier alpha value is -1.50. The van der Waals surface area contributed by atoms with Crippen molar-refractivity contribution in [2.45, 2.75) is 45.8 Å². The van der Waals surface area contributed by atoms with Crippen LogP contribution in [0.15, 0.2) is 12.3 Å². The van der Waals surface area contributed by atoms with Crippen LogP contribution < -0.4 is 5.32 Å². The largest absolute Gasteiger partial charge is 0.389 e. The highest BCUT2D eigenvalue weighted by atomic mass is 16.5. The fourth-order valence-electron chi connectivity index (χ4n) is 2.74. The molecule has 23 heavy (non-hydrogen) atoms. The first-order valence-electron chi connectivity index (χ1n) is 8.35. The maximum absolute atomic E-state index is 10.0. The molecule has 1 saturated carbocycles. The summed E-state index contributed by atoms with van der Waals surface area (Å²) in [5.74, 6) is 0.729. The Balaban J connectivity index is 1.54. The summed E-state index contributed by atoms with van der Waals surface area (Å²) in [4.78, 5) is 4.46. The lowest BCUT2D eigenvalue weighted by atomic mass is 10.1. The lowest BCUT2D eigenvalue weighted by Gasteiger charge is -2.19. The summed E-state index contributed by atoms with van der Waals surface area (Å²) in [5.41, 5.74) is 3.99. The molecule has 0 aliphatic heterocycles. The van der Waals surface area contributed by atoms with Crippen molar-refractivity contribution < 1.29 is 9.84 Å². The van der Waals surface area contributed by atoms with Gasteiger partial charge in [-0.25, -0.2) is 9.50 Å². The maximum Gasteiger partial charge on any atom is 0.155 e. The van der Waals surface area contributed by atoms with Gasteiger partial charge in [-0.05, 0) is 39.5 Å². The average molecular weight is 318 g/mol. The van der Waals surface area contributed by atoms with Crippen LogP contribution in [0.5, 0.6) is 0 Å². The minimum absolute atomic E-state index is 0.0921. The normalized spacial score (nSPS) is 17.6. The van der Waals surface area contributed by atoms with Gasteiger partial charge in [-0.2, -0.15) is 5.10 Å². The van der Waals surface area contributed by atoms with Gasteiger partial charge in [0.05, 0.1) is 18.4 Å². The molecular weight excluding hydrogens is 292 g/mol. The van der Waals surface area contributed by atoms with E-state index in [0.717, 1.165) is 35.1 Å². The highest BCUT2D eigenvalue weighted by Crippen LogP contribution is 2.28. The zero-order valence-corrected chi connectivity index (χ0v) is 14.1. The van der Waals surface area contributed by atoms with Gasteiger partial charge in [0.25, 0.3) is 0 Å². The number of hydrogen-bond donors (Lipinski definition) is 2. The molecule has 2 N–H and O–H groups in total. The highest BCUT2D eigenvalue weighted by molar-refractivity contribution is 5.42. The van der Waals surface area contributed by atoms with Crippen LogP contribution in [0.2, 0.25) is 0 Å². The molecule has 0 aromatic carbocycles. The highest BCUT2D eigenvalue weighted by Gasteiger charge is 2.21. The van der Waals surface area contributed by atoms with Crippen LogP contribution in [0.1, 0.15) is 42.8 Å². The van der Waals surface area contributed by atoms with Gasteiger partial charge in [-0.15, -0.1) is 0 Å². The van der Waals surface area contributed by atoms with Gasteiger partial charge in [0.2, 0.25) is 0 Å². The van der Waals surface area contributed by atoms with Gasteiger partial charge in [0.15, 0.2) is 5.65 Å². The van der Waals surface area contributed by atoms with E-state index >= 15 is 0 Å². The number of rotatable bonds is 8. The van der Waals surface area contributed by atoms with Crippen molar-refractivity contribution >= 4 is 5.65 Å². The van der Waals surface area contributed by atoms with Crippen LogP contribution in [-0.2, 0) is 4.74 Å². The molecule has 0 spiro atoms. The molecule has 2 atom stereocenters. The monoisotopic (exact) mass is 318 g/mol. The number of aromatic nitrogens is 3. The number of nitrogens with one attached hydrogen (secondary N) is 1. The molecule has 2 heterocycles. The van der Waals surface area contributed by atoms with E-state index in [1.807, 2.05) is 30.6 Å². The number of hydrogen-bond acceptors (Lipinski definition) is 5. The Morgan fingerprint density at radius 3 is 2.96 bits per heavy atom. The lowest BCUT2D eigenvalue weighted by molar-refractivity contribution is 0.0315. The molecule has 0 radical (unpaired) electrons. The third kappa shape index (κ3) is 4.07. The maximum atomic E-state index is 10.0. The molecule has 3 rings (SSSR count). The van der Waals surface area contributed by atoms with Gasteiger partial charge < -0.3 is 15.2 Å². The van der Waals surface area contributed by atoms with E-state index in [-0.39, 0.29) is 6.04 Å². The summed E-state index contributed by atoms with van der Waals surface area (Å²) in [6, 6.07) is 2.06. The molecule has 1 aliphatic rings. The smallest absolute Gasteiger partial charge is 0.155 e. The zero-order chi connectivity index (χ0) is 16.4. The van der Waals surface area contributed by atoms with Crippen LogP contribution in [-0.4, -0.2) is 45.6 Å². The third-order valence-corrected chi connectivity index (χ3v) is 4.37. The molecule has 126 valence electrons. The van der Waals surface area contributed by atoms with Crippen molar-refractivity contribution in [3.05, 3.63) is 29.2 Å². The van der Waals surface area contributed by atoms with E-state index in [4.69, 9.17) is 4.74 Å². The molecule has 2 aromatic heterocycles. The van der Waals surface area contributed by atoms with Crippen LogP contribution in [0.3, 0.4) is 0 Å². The van der Waals surface area contributed by atoms with E-state index in [0.29, 0.717) is 13.2 Å². The van der Waals surface area contributed by atoms with Gasteiger partial charge >= 0.3 is 0 Å². The third-order valence-electron chi connectivity index (χ3n) is 4.37. The summed E-state index contributed by atoms with van der Waals surface area (Å²) in [7, 11) is 0. The first-order chi connectivity index (χ1) is 11.0. The van der Waals surface area contributed by atoms with Crippen molar-refractivity contribution in [2.24, 2.45) is 5.92 Å². The predicted octanol–water partition coefficient (Wildman–Crippen LogP) is 1.78. The molecule has 2 aromatic rings. The molecule has 6 heteroatoms. The molecule has 0 amide bonds. The lowest BCUT2D eigenvalue weighted by Crippen LogP contribution is -2.32. The van der Waals surface area contributed by atoms with Crippen LogP contribution in [0.25, 0.3) is 5.65 Å². The Morgan fingerprint density at radius 2 is 2.22 bits per heavy atom. The topological polar surface area (TPSA) is 71.7 Å². The van der Waals surface area contributed by atoms with Crippen molar-refractivity contribution in [1.82, 2.24) is 19.9 Å². The van der Waals surface area contributed by atoms with Crippen molar-refractivity contribution in [2.75, 3.05) is 19.8 Å². The minimum atomic E-state index is -0.486. The Morgan fingerprint density at radius 1 is 1.43 bits per heavy atom. The van der Waals surface area contributed by atoms with Crippen LogP contribution in [0.4, 0.5) is 0 Å². The molecule has 1 fully saturated rings. The van der Waals surface area contributed by atoms with E-state index in [9.17, 15) is 5.11 Å². The number of nitrogens with zero attached hydrogens (tertiary/aromatic N) is 3. The molecule has 1 aliphatic carbocycles. The summed E-state index contributed by atoms with van der Waals surface area (Å²) in [6.07, 6.45) is 3.94. The Kier molecular flexibility index (Phi) is 4.94. The summed E-state index contributed by atoms with van der Waals surface area (Å²) < 4.78 is 7.40. The quantitative estimate of drug-likeness (QED) is 0.776. The second-order valence-corrected chi connectivity index (χ2v) is 6.62. The molecule has 2 unspecified atom stereocenters. The van der Waals surface area contributed by atoms with Gasteiger partial charge in [0, 0.05) is 42.7 Å². The standard InChI is InChI=1S/C17H26N4O2/c1-11-6-17-19-8-16(13(3)21(17)20-11)12(2)18-7-15(22)10-23-9-14-4-5-14/h6,8,12,14-15,18,22H,4-5,7,9-10H2,1-3H3. The SMILES string of the molecule is Cc1cc2ncc(C(C)NCC(O)COCC3CC3)c(C)n2n1. The Labute approximate surface area is 136 Å². The van der Waals surface area contributed by atoms with Gasteiger partial charge in [0.1, 0.15) is 0 Å².